The predicted molar refractivity (Wildman–Crippen MR) is 136 cm³/mol. The molecule has 0 fully saturated rings. The Morgan fingerprint density at radius 3 is 0.724 bits per heavy atom. The molecule has 0 aliphatic carbocycles. The van der Waals surface area contributed by atoms with Gasteiger partial charge in [0.15, 0.2) is 0 Å². The summed E-state index contributed by atoms with van der Waals surface area (Å²) in [6.45, 7) is 35.7. The van der Waals surface area contributed by atoms with Crippen molar-refractivity contribution < 1.29 is 0 Å². The van der Waals surface area contributed by atoms with Crippen LogP contribution in [-0.2, 0) is 0 Å². The van der Waals surface area contributed by atoms with Crippen LogP contribution in [0.3, 0.4) is 0 Å². The van der Waals surface area contributed by atoms with E-state index in [-0.39, 0.29) is 0 Å². The molecule has 0 radical (unpaired) electrons. The van der Waals surface area contributed by atoms with Crippen molar-refractivity contribution >= 4 is 0 Å². The Morgan fingerprint density at radius 2 is 0.621 bits per heavy atom. The van der Waals surface area contributed by atoms with E-state index in [2.05, 4.69) is 92.9 Å². The average Bonchev–Trinajstić information content (AvgIpc) is 2.60. The topological polar surface area (TPSA) is 6.48 Å². The van der Waals surface area contributed by atoms with E-state index < -0.39 is 0 Å². The van der Waals surface area contributed by atoms with Crippen molar-refractivity contribution in [3.05, 3.63) is 0 Å². The Bertz CT molecular complexity index is 281. The van der Waals surface area contributed by atoms with E-state index in [0.29, 0.717) is 5.41 Å². The molecule has 2 nitrogen and oxygen atoms in total. The zero-order valence-electron chi connectivity index (χ0n) is 22.8. The van der Waals surface area contributed by atoms with Gasteiger partial charge in [-0.15, -0.1) is 0 Å². The normalized spacial score (nSPS) is 12.6. The minimum absolute atomic E-state index is 0.500. The van der Waals surface area contributed by atoms with Gasteiger partial charge in [-0.25, -0.2) is 0 Å². The van der Waals surface area contributed by atoms with E-state index in [1.54, 1.807) is 0 Å². The largest absolute Gasteiger partial charge is 0.302 e. The van der Waals surface area contributed by atoms with Gasteiger partial charge >= 0.3 is 0 Å². The summed E-state index contributed by atoms with van der Waals surface area (Å²) in [6, 6.07) is 0. The van der Waals surface area contributed by atoms with E-state index in [9.17, 15) is 0 Å². The lowest BCUT2D eigenvalue weighted by molar-refractivity contribution is -0.00353. The number of hydrogen-bond donors (Lipinski definition) is 0. The van der Waals surface area contributed by atoms with Crippen LogP contribution in [0.1, 0.15) is 109 Å². The third-order valence-corrected chi connectivity index (χ3v) is 6.89. The molecular formula is C27H60N2. The first-order chi connectivity index (χ1) is 13.6. The van der Waals surface area contributed by atoms with E-state index in [1.807, 2.05) is 0 Å². The summed E-state index contributed by atoms with van der Waals surface area (Å²) in [5, 5.41) is 0. The summed E-state index contributed by atoms with van der Waals surface area (Å²) in [4.78, 5) is 5.22. The molecule has 29 heavy (non-hydrogen) atoms. The first kappa shape index (κ1) is 31.1. The van der Waals surface area contributed by atoms with Crippen molar-refractivity contribution in [3.8, 4) is 0 Å². The van der Waals surface area contributed by atoms with Crippen LogP contribution in [0.5, 0.6) is 0 Å². The number of hydrogen-bond acceptors (Lipinski definition) is 2. The summed E-state index contributed by atoms with van der Waals surface area (Å²) >= 11 is 0. The Morgan fingerprint density at radius 1 is 0.414 bits per heavy atom. The highest BCUT2D eigenvalue weighted by Crippen LogP contribution is 2.48. The molecule has 0 N–H and O–H groups in total. The second kappa shape index (κ2) is 17.6. The Balaban J connectivity index is 0. The van der Waals surface area contributed by atoms with Crippen molar-refractivity contribution in [1.82, 2.24) is 9.80 Å². The molecule has 2 heteroatoms. The molecule has 0 amide bonds. The quantitative estimate of drug-likeness (QED) is 0.270. The van der Waals surface area contributed by atoms with Gasteiger partial charge in [-0.3, -0.25) is 0 Å². The molecule has 0 aromatic carbocycles. The van der Waals surface area contributed by atoms with Crippen LogP contribution in [0.2, 0.25) is 0 Å². The molecule has 178 valence electrons. The lowest BCUT2D eigenvalue weighted by Gasteiger charge is -2.49. The van der Waals surface area contributed by atoms with E-state index in [4.69, 9.17) is 0 Å². The van der Waals surface area contributed by atoms with Crippen LogP contribution in [0.25, 0.3) is 0 Å². The van der Waals surface area contributed by atoms with Crippen molar-refractivity contribution in [2.45, 2.75) is 109 Å². The SMILES string of the molecule is CC(C)C(C(C)C)(C(C)C)C(C)C.CCCN(CCC)CCN(CCC)CCC. The third kappa shape index (κ3) is 11.2. The molecule has 0 rings (SSSR count). The van der Waals surface area contributed by atoms with Gasteiger partial charge in [0.2, 0.25) is 0 Å². The molecule has 0 saturated carbocycles. The summed E-state index contributed by atoms with van der Waals surface area (Å²) < 4.78 is 0. The molecule has 0 atom stereocenters. The van der Waals surface area contributed by atoms with Crippen LogP contribution in [0, 0.1) is 29.1 Å². The molecule has 0 aromatic rings. The lowest BCUT2D eigenvalue weighted by atomic mass is 9.56. The molecule has 0 aliphatic heterocycles. The van der Waals surface area contributed by atoms with Gasteiger partial charge in [-0.2, -0.15) is 0 Å². The van der Waals surface area contributed by atoms with Gasteiger partial charge in [0, 0.05) is 13.1 Å². The lowest BCUT2D eigenvalue weighted by Crippen LogP contribution is -2.42. The molecule has 0 unspecified atom stereocenters. The fraction of sp³-hybridized carbons (Fsp3) is 1.00. The van der Waals surface area contributed by atoms with Gasteiger partial charge in [0.05, 0.1) is 0 Å². The summed E-state index contributed by atoms with van der Waals surface area (Å²) in [6.07, 6.45) is 5.12. The predicted octanol–water partition coefficient (Wildman–Crippen LogP) is 7.83. The van der Waals surface area contributed by atoms with Crippen molar-refractivity contribution in [3.63, 3.8) is 0 Å². The first-order valence-electron chi connectivity index (χ1n) is 13.0. The number of rotatable bonds is 15. The zero-order valence-corrected chi connectivity index (χ0v) is 22.8. The van der Waals surface area contributed by atoms with Gasteiger partial charge in [0.25, 0.3) is 0 Å². The molecule has 0 heterocycles. The third-order valence-electron chi connectivity index (χ3n) is 6.89. The van der Waals surface area contributed by atoms with Crippen LogP contribution in [0.4, 0.5) is 0 Å². The Hall–Kier alpha value is -0.0800. The molecule has 0 saturated heterocycles. The minimum Gasteiger partial charge on any atom is -0.302 e. The van der Waals surface area contributed by atoms with Crippen LogP contribution >= 0.6 is 0 Å². The second-order valence-electron chi connectivity index (χ2n) is 10.3. The summed E-state index contributed by atoms with van der Waals surface area (Å²) in [5.41, 5.74) is 0.500. The van der Waals surface area contributed by atoms with E-state index >= 15 is 0 Å². The first-order valence-corrected chi connectivity index (χ1v) is 13.0. The highest BCUT2D eigenvalue weighted by molar-refractivity contribution is 4.90. The summed E-state index contributed by atoms with van der Waals surface area (Å²) in [5.74, 6) is 3.08. The van der Waals surface area contributed by atoms with E-state index in [1.165, 1.54) is 65.0 Å². The fourth-order valence-electron chi connectivity index (χ4n) is 6.22. The van der Waals surface area contributed by atoms with Crippen LogP contribution in [0.15, 0.2) is 0 Å². The zero-order chi connectivity index (χ0) is 23.0. The maximum atomic E-state index is 2.61. The Labute approximate surface area is 187 Å². The minimum atomic E-state index is 0.500. The van der Waals surface area contributed by atoms with Gasteiger partial charge in [-0.05, 0) is 80.9 Å². The van der Waals surface area contributed by atoms with Gasteiger partial charge in [0.1, 0.15) is 0 Å². The monoisotopic (exact) mass is 412 g/mol. The highest BCUT2D eigenvalue weighted by Gasteiger charge is 2.42. The molecular weight excluding hydrogens is 352 g/mol. The van der Waals surface area contributed by atoms with Gasteiger partial charge in [-0.1, -0.05) is 83.1 Å². The van der Waals surface area contributed by atoms with Crippen LogP contribution < -0.4 is 0 Å². The fourth-order valence-corrected chi connectivity index (χ4v) is 6.22. The standard InChI is InChI=1S/C14H32N2.C13H28/c1-5-9-15(10-6-2)13-14-16(11-7-3)12-8-4;1-9(2)13(10(3)4,11(5)6)12(7)8/h5-14H2,1-4H3;9-12H,1-8H3. The molecule has 0 aliphatic rings. The molecule has 0 spiro atoms. The maximum absolute atomic E-state index is 2.61. The van der Waals surface area contributed by atoms with Crippen LogP contribution in [-0.4, -0.2) is 49.1 Å². The van der Waals surface area contributed by atoms with Crippen molar-refractivity contribution in [1.29, 1.82) is 0 Å². The molecule has 0 bridgehead atoms. The maximum Gasteiger partial charge on any atom is 0.0109 e. The average molecular weight is 413 g/mol. The van der Waals surface area contributed by atoms with Crippen molar-refractivity contribution in [2.75, 3.05) is 39.3 Å². The second-order valence-corrected chi connectivity index (χ2v) is 10.3. The Kier molecular flexibility index (Phi) is 18.9. The number of nitrogens with zero attached hydrogens (tertiary/aromatic N) is 2. The van der Waals surface area contributed by atoms with Gasteiger partial charge < -0.3 is 9.80 Å². The highest BCUT2D eigenvalue weighted by atomic mass is 15.2. The van der Waals surface area contributed by atoms with E-state index in [0.717, 1.165) is 23.7 Å². The smallest absolute Gasteiger partial charge is 0.0109 e. The molecule has 0 aromatic heterocycles. The van der Waals surface area contributed by atoms with Crippen molar-refractivity contribution in [2.24, 2.45) is 29.1 Å². The summed E-state index contributed by atoms with van der Waals surface area (Å²) in [7, 11) is 0.